The summed E-state index contributed by atoms with van der Waals surface area (Å²) < 4.78 is 23.8. The Morgan fingerprint density at radius 3 is 1.54 bits per heavy atom. The summed E-state index contributed by atoms with van der Waals surface area (Å²) in [5.74, 6) is 0. The smallest absolute Gasteiger partial charge is 0.309 e. The van der Waals surface area contributed by atoms with Crippen LogP contribution in [0, 0.1) is 0 Å². The summed E-state index contributed by atoms with van der Waals surface area (Å²) in [5, 5.41) is 0. The van der Waals surface area contributed by atoms with Crippen LogP contribution in [-0.4, -0.2) is 23.3 Å². The lowest BCUT2D eigenvalue weighted by atomic mass is 10.0. The van der Waals surface area contributed by atoms with Gasteiger partial charge in [-0.2, -0.15) is 0 Å². The van der Waals surface area contributed by atoms with Gasteiger partial charge in [-0.3, -0.25) is 4.57 Å². The summed E-state index contributed by atoms with van der Waals surface area (Å²) in [6, 6.07) is 0. The van der Waals surface area contributed by atoms with E-state index in [1.807, 2.05) is 13.8 Å². The molecular weight excluding hydrogens is 458 g/mol. The van der Waals surface area contributed by atoms with E-state index in [2.05, 4.69) is 29.5 Å². The van der Waals surface area contributed by atoms with Crippen LogP contribution < -0.4 is 0 Å². The van der Waals surface area contributed by atoms with Gasteiger partial charge in [0.2, 0.25) is 0 Å². The molecule has 0 N–H and O–H groups in total. The first kappa shape index (κ1) is 26.9. The zero-order chi connectivity index (χ0) is 19.5. The van der Waals surface area contributed by atoms with Crippen molar-refractivity contribution in [3.8, 4) is 0 Å². The average molecular weight is 502 g/mol. The number of rotatable bonds is 20. The number of hydrogen-bond donors (Lipinski definition) is 0. The average Bonchev–Trinajstić information content (AvgIpc) is 2.61. The lowest BCUT2D eigenvalue weighted by Gasteiger charge is -2.18. The Morgan fingerprint density at radius 2 is 1.12 bits per heavy atom. The van der Waals surface area contributed by atoms with E-state index in [0.29, 0.717) is 23.3 Å². The van der Waals surface area contributed by atoms with Gasteiger partial charge in [-0.05, 0) is 26.7 Å². The number of alkyl halides is 1. The Labute approximate surface area is 177 Å². The summed E-state index contributed by atoms with van der Waals surface area (Å²) in [6.07, 6.45) is 19.4. The van der Waals surface area contributed by atoms with Crippen molar-refractivity contribution >= 4 is 30.2 Å². The third-order valence-electron chi connectivity index (χ3n) is 4.74. The fraction of sp³-hybridized carbons (Fsp3) is 1.00. The van der Waals surface area contributed by atoms with Gasteiger partial charge in [-0.25, -0.2) is 0 Å². The minimum absolute atomic E-state index is 0.460. The second-order valence-electron chi connectivity index (χ2n) is 7.23. The van der Waals surface area contributed by atoms with E-state index in [-0.39, 0.29) is 0 Å². The summed E-state index contributed by atoms with van der Waals surface area (Å²) in [5.41, 5.74) is 0. The van der Waals surface area contributed by atoms with Crippen molar-refractivity contribution < 1.29 is 13.6 Å². The Morgan fingerprint density at radius 1 is 0.692 bits per heavy atom. The van der Waals surface area contributed by atoms with Crippen LogP contribution in [0.1, 0.15) is 111 Å². The first-order valence-corrected chi connectivity index (χ1v) is 14.1. The monoisotopic (exact) mass is 502 g/mol. The SMILES string of the molecule is CCCCCCCCCCCCCCC(I)CCP(=O)(OCC)OCC. The van der Waals surface area contributed by atoms with E-state index < -0.39 is 7.60 Å². The summed E-state index contributed by atoms with van der Waals surface area (Å²) in [7, 11) is -2.85. The molecule has 1 unspecified atom stereocenters. The van der Waals surface area contributed by atoms with Gasteiger partial charge in [-0.15, -0.1) is 0 Å². The van der Waals surface area contributed by atoms with E-state index in [1.54, 1.807) is 0 Å². The number of hydrogen-bond acceptors (Lipinski definition) is 3. The molecule has 0 aliphatic heterocycles. The first-order chi connectivity index (χ1) is 12.6. The minimum atomic E-state index is -2.85. The molecule has 0 radical (unpaired) electrons. The third kappa shape index (κ3) is 17.0. The molecule has 0 aromatic carbocycles. The maximum atomic E-state index is 12.4. The predicted octanol–water partition coefficient (Wildman–Crippen LogP) is 8.54. The maximum absolute atomic E-state index is 12.4. The second-order valence-corrected chi connectivity index (χ2v) is 11.2. The van der Waals surface area contributed by atoms with Gasteiger partial charge in [0, 0.05) is 3.92 Å². The molecule has 0 aliphatic rings. The Kier molecular flexibility index (Phi) is 19.9. The number of unbranched alkanes of at least 4 members (excludes halogenated alkanes) is 11. The van der Waals surface area contributed by atoms with Crippen LogP contribution >= 0.6 is 30.2 Å². The fourth-order valence-corrected chi connectivity index (χ4v) is 6.20. The van der Waals surface area contributed by atoms with Gasteiger partial charge in [0.25, 0.3) is 0 Å². The van der Waals surface area contributed by atoms with Crippen molar-refractivity contribution in [3.63, 3.8) is 0 Å². The van der Waals surface area contributed by atoms with Crippen LogP contribution in [0.5, 0.6) is 0 Å². The van der Waals surface area contributed by atoms with Crippen molar-refractivity contribution in [3.05, 3.63) is 0 Å². The quantitative estimate of drug-likeness (QED) is 0.0724. The van der Waals surface area contributed by atoms with Crippen LogP contribution in [0.3, 0.4) is 0 Å². The molecule has 158 valence electrons. The molecule has 0 saturated heterocycles. The van der Waals surface area contributed by atoms with Gasteiger partial charge in [0.15, 0.2) is 0 Å². The van der Waals surface area contributed by atoms with Crippen LogP contribution in [0.4, 0.5) is 0 Å². The van der Waals surface area contributed by atoms with Crippen molar-refractivity contribution in [1.29, 1.82) is 0 Å². The minimum Gasteiger partial charge on any atom is -0.309 e. The van der Waals surface area contributed by atoms with E-state index in [1.165, 1.54) is 83.5 Å². The van der Waals surface area contributed by atoms with Crippen molar-refractivity contribution in [2.45, 2.75) is 115 Å². The van der Waals surface area contributed by atoms with Crippen LogP contribution in [0.15, 0.2) is 0 Å². The normalized spacial score (nSPS) is 13.2. The van der Waals surface area contributed by atoms with Crippen LogP contribution in [0.25, 0.3) is 0 Å². The second kappa shape index (κ2) is 19.2. The summed E-state index contributed by atoms with van der Waals surface area (Å²) in [6.45, 7) is 6.95. The van der Waals surface area contributed by atoms with Crippen LogP contribution in [-0.2, 0) is 13.6 Å². The van der Waals surface area contributed by atoms with Gasteiger partial charge in [0.05, 0.1) is 19.4 Å². The maximum Gasteiger partial charge on any atom is 0.330 e. The highest BCUT2D eigenvalue weighted by molar-refractivity contribution is 14.1. The summed E-state index contributed by atoms with van der Waals surface area (Å²) >= 11 is 2.50. The molecule has 0 spiro atoms. The van der Waals surface area contributed by atoms with Crippen LogP contribution in [0.2, 0.25) is 0 Å². The molecule has 0 aliphatic carbocycles. The molecule has 1 atom stereocenters. The predicted molar refractivity (Wildman–Crippen MR) is 124 cm³/mol. The standard InChI is InChI=1S/C21H44IO3P/c1-4-7-8-9-10-11-12-13-14-15-16-17-18-21(22)19-20-26(23,24-5-2)25-6-3/h21H,4-20H2,1-3H3. The van der Waals surface area contributed by atoms with Gasteiger partial charge < -0.3 is 9.05 Å². The molecule has 3 nitrogen and oxygen atoms in total. The molecule has 0 bridgehead atoms. The molecule has 0 saturated carbocycles. The topological polar surface area (TPSA) is 35.5 Å². The van der Waals surface area contributed by atoms with Gasteiger partial charge >= 0.3 is 7.60 Å². The molecule has 0 heterocycles. The Balaban J connectivity index is 3.48. The number of halogens is 1. The molecule has 5 heteroatoms. The van der Waals surface area contributed by atoms with Gasteiger partial charge in [0.1, 0.15) is 0 Å². The largest absolute Gasteiger partial charge is 0.330 e. The van der Waals surface area contributed by atoms with Crippen molar-refractivity contribution in [2.24, 2.45) is 0 Å². The highest BCUT2D eigenvalue weighted by Crippen LogP contribution is 2.49. The van der Waals surface area contributed by atoms with E-state index in [0.717, 1.165) is 6.42 Å². The third-order valence-corrected chi connectivity index (χ3v) is 8.09. The Bertz CT molecular complexity index is 329. The fourth-order valence-electron chi connectivity index (χ4n) is 3.21. The molecule has 0 amide bonds. The molecule has 0 aromatic rings. The lowest BCUT2D eigenvalue weighted by Crippen LogP contribution is -2.06. The Hall–Kier alpha value is 0.880. The molecule has 0 fully saturated rings. The molecule has 26 heavy (non-hydrogen) atoms. The zero-order valence-electron chi connectivity index (χ0n) is 17.6. The van der Waals surface area contributed by atoms with E-state index in [9.17, 15) is 4.57 Å². The molecular formula is C21H44IO3P. The first-order valence-electron chi connectivity index (χ1n) is 11.1. The molecule has 0 rings (SSSR count). The molecule has 0 aromatic heterocycles. The van der Waals surface area contributed by atoms with E-state index in [4.69, 9.17) is 9.05 Å². The van der Waals surface area contributed by atoms with Gasteiger partial charge in [-0.1, -0.05) is 107 Å². The van der Waals surface area contributed by atoms with Crippen molar-refractivity contribution in [1.82, 2.24) is 0 Å². The lowest BCUT2D eigenvalue weighted by molar-refractivity contribution is 0.219. The highest BCUT2D eigenvalue weighted by atomic mass is 127. The van der Waals surface area contributed by atoms with Crippen molar-refractivity contribution in [2.75, 3.05) is 19.4 Å². The summed E-state index contributed by atoms with van der Waals surface area (Å²) in [4.78, 5) is 0. The highest BCUT2D eigenvalue weighted by Gasteiger charge is 2.24. The van der Waals surface area contributed by atoms with E-state index >= 15 is 0 Å². The zero-order valence-corrected chi connectivity index (χ0v) is 20.7.